The lowest BCUT2D eigenvalue weighted by molar-refractivity contribution is -0.137. The van der Waals surface area contributed by atoms with Gasteiger partial charge in [-0.2, -0.15) is 18.3 Å². The number of halogens is 5. The van der Waals surface area contributed by atoms with Crippen LogP contribution >= 0.6 is 11.6 Å². The van der Waals surface area contributed by atoms with Crippen LogP contribution in [0.15, 0.2) is 59.6 Å². The van der Waals surface area contributed by atoms with Crippen molar-refractivity contribution in [1.82, 2.24) is 15.1 Å². The summed E-state index contributed by atoms with van der Waals surface area (Å²) in [4.78, 5) is 13.1. The van der Waals surface area contributed by atoms with Gasteiger partial charge in [0.15, 0.2) is 15.0 Å². The Labute approximate surface area is 210 Å². The van der Waals surface area contributed by atoms with Gasteiger partial charge in [-0.05, 0) is 68.3 Å². The first-order valence-corrected chi connectivity index (χ1v) is 12.9. The largest absolute Gasteiger partial charge is 0.416 e. The second kappa shape index (κ2) is 9.51. The van der Waals surface area contributed by atoms with E-state index in [1.165, 1.54) is 35.1 Å². The summed E-state index contributed by atoms with van der Waals surface area (Å²) in [6.07, 6.45) is -1.82. The molecule has 1 aliphatic carbocycles. The number of sulfone groups is 1. The Morgan fingerprint density at radius 2 is 1.81 bits per heavy atom. The van der Waals surface area contributed by atoms with Crippen molar-refractivity contribution in [2.75, 3.05) is 0 Å². The number of hydrogen-bond donors (Lipinski definition) is 1. The maximum atomic E-state index is 13.3. The van der Waals surface area contributed by atoms with Crippen molar-refractivity contribution in [2.24, 2.45) is 5.41 Å². The minimum Gasteiger partial charge on any atom is -0.351 e. The molecular formula is C24H22ClF4N3O3S. The van der Waals surface area contributed by atoms with E-state index in [0.717, 1.165) is 24.3 Å². The van der Waals surface area contributed by atoms with Gasteiger partial charge in [0.05, 0.1) is 26.8 Å². The van der Waals surface area contributed by atoms with E-state index in [9.17, 15) is 30.8 Å². The molecular weight excluding hydrogens is 522 g/mol. The zero-order chi connectivity index (χ0) is 26.3. The van der Waals surface area contributed by atoms with E-state index in [0.29, 0.717) is 24.1 Å². The summed E-state index contributed by atoms with van der Waals surface area (Å²) in [6.45, 7) is 1.53. The average Bonchev–Trinajstić information content (AvgIpc) is 3.41. The molecule has 0 saturated heterocycles. The number of amides is 1. The molecule has 0 spiro atoms. The minimum absolute atomic E-state index is 0.0438. The Morgan fingerprint density at radius 1 is 1.17 bits per heavy atom. The Bertz CT molecular complexity index is 1370. The van der Waals surface area contributed by atoms with Crippen LogP contribution < -0.4 is 5.32 Å². The number of nitrogens with one attached hydrogen (secondary N) is 1. The summed E-state index contributed by atoms with van der Waals surface area (Å²) in [5, 5.41) is 5.88. The van der Waals surface area contributed by atoms with Crippen LogP contribution in [0.25, 0.3) is 5.69 Å². The van der Waals surface area contributed by atoms with E-state index in [1.807, 2.05) is 0 Å². The lowest BCUT2D eigenvalue weighted by Crippen LogP contribution is -2.46. The number of carbonyl (C=O) groups is 1. The molecule has 0 radical (unpaired) electrons. The number of hydrogen-bond acceptors (Lipinski definition) is 4. The molecule has 36 heavy (non-hydrogen) atoms. The van der Waals surface area contributed by atoms with Crippen LogP contribution in [0.1, 0.15) is 37.3 Å². The number of aromatic nitrogens is 2. The molecule has 3 aromatic rings. The molecule has 6 nitrogen and oxygen atoms in total. The van der Waals surface area contributed by atoms with E-state index in [-0.39, 0.29) is 23.0 Å². The first kappa shape index (κ1) is 26.2. The second-order valence-corrected chi connectivity index (χ2v) is 11.4. The number of rotatable bonds is 6. The van der Waals surface area contributed by atoms with Crippen LogP contribution in [0.5, 0.6) is 0 Å². The summed E-state index contributed by atoms with van der Waals surface area (Å²) in [6, 6.07) is 8.86. The normalized spacial score (nSPS) is 20.4. The van der Waals surface area contributed by atoms with Gasteiger partial charge in [0.1, 0.15) is 5.82 Å². The highest BCUT2D eigenvalue weighted by atomic mass is 35.5. The second-order valence-electron chi connectivity index (χ2n) is 8.91. The van der Waals surface area contributed by atoms with Crippen molar-refractivity contribution in [1.29, 1.82) is 0 Å². The van der Waals surface area contributed by atoms with Crippen molar-refractivity contribution in [2.45, 2.75) is 49.1 Å². The van der Waals surface area contributed by atoms with Gasteiger partial charge in [0.2, 0.25) is 5.91 Å². The van der Waals surface area contributed by atoms with E-state index < -0.39 is 44.0 Å². The predicted octanol–water partition coefficient (Wildman–Crippen LogP) is 5.33. The highest BCUT2D eigenvalue weighted by Crippen LogP contribution is 2.44. The zero-order valence-corrected chi connectivity index (χ0v) is 20.6. The maximum Gasteiger partial charge on any atom is 0.416 e. The molecule has 1 fully saturated rings. The summed E-state index contributed by atoms with van der Waals surface area (Å²) in [5.74, 6) is -1.04. The highest BCUT2D eigenvalue weighted by Gasteiger charge is 2.51. The number of carbonyl (C=O) groups excluding carboxylic acids is 1. The third kappa shape index (κ3) is 4.99. The number of nitrogens with zero attached hydrogens (tertiary/aromatic N) is 2. The fraction of sp³-hybridized carbons (Fsp3) is 0.333. The molecule has 2 atom stereocenters. The van der Waals surface area contributed by atoms with Crippen LogP contribution in [0, 0.1) is 11.2 Å². The monoisotopic (exact) mass is 543 g/mol. The van der Waals surface area contributed by atoms with E-state index >= 15 is 0 Å². The molecule has 1 aromatic heterocycles. The number of benzene rings is 2. The predicted molar refractivity (Wildman–Crippen MR) is 125 cm³/mol. The maximum absolute atomic E-state index is 13.3. The Morgan fingerprint density at radius 3 is 2.42 bits per heavy atom. The quantitative estimate of drug-likeness (QED) is 0.336. The van der Waals surface area contributed by atoms with Crippen LogP contribution in [0.3, 0.4) is 0 Å². The first-order chi connectivity index (χ1) is 16.8. The molecule has 12 heteroatoms. The first-order valence-electron chi connectivity index (χ1n) is 11.0. The van der Waals surface area contributed by atoms with Crippen LogP contribution in [-0.4, -0.2) is 29.4 Å². The topological polar surface area (TPSA) is 81.1 Å². The van der Waals surface area contributed by atoms with Crippen molar-refractivity contribution in [3.8, 4) is 5.69 Å². The molecule has 2 aromatic carbocycles. The molecule has 1 aliphatic rings. The standard InChI is InChI=1S/C24H22ClF4N3O3S/c1-23(12-2-3-20(23)36(34,35)19-10-6-17(26)7-11-19)22(33)30-13-15-14-32(31-21(15)25)18-8-4-16(5-9-18)24(27,28)29/h4-11,14,20H,2-3,12-13H2,1H3,(H,30,33)/t20-,23-/m0/s1. The Kier molecular flexibility index (Phi) is 6.91. The van der Waals surface area contributed by atoms with Gasteiger partial charge in [-0.15, -0.1) is 0 Å². The van der Waals surface area contributed by atoms with Crippen molar-refractivity contribution in [3.05, 3.63) is 76.8 Å². The van der Waals surface area contributed by atoms with Gasteiger partial charge >= 0.3 is 6.18 Å². The molecule has 0 bridgehead atoms. The lowest BCUT2D eigenvalue weighted by atomic mass is 9.87. The van der Waals surface area contributed by atoms with Gasteiger partial charge < -0.3 is 5.32 Å². The summed E-state index contributed by atoms with van der Waals surface area (Å²) in [5.41, 5.74) is -1.27. The molecule has 1 heterocycles. The molecule has 1 N–H and O–H groups in total. The van der Waals surface area contributed by atoms with Crippen molar-refractivity contribution < 1.29 is 30.8 Å². The highest BCUT2D eigenvalue weighted by molar-refractivity contribution is 7.92. The summed E-state index contributed by atoms with van der Waals surface area (Å²) < 4.78 is 79.4. The molecule has 1 saturated carbocycles. The van der Waals surface area contributed by atoms with E-state index in [4.69, 9.17) is 11.6 Å². The SMILES string of the molecule is C[C@]1(C(=O)NCc2cn(-c3ccc(C(F)(F)F)cc3)nc2Cl)CCC[C@@H]1S(=O)(=O)c1ccc(F)cc1. The third-order valence-electron chi connectivity index (χ3n) is 6.55. The van der Waals surface area contributed by atoms with E-state index in [1.54, 1.807) is 6.92 Å². The zero-order valence-electron chi connectivity index (χ0n) is 19.0. The van der Waals surface area contributed by atoms with Gasteiger partial charge in [-0.1, -0.05) is 18.0 Å². The van der Waals surface area contributed by atoms with Crippen molar-refractivity contribution >= 4 is 27.3 Å². The van der Waals surface area contributed by atoms with Gasteiger partial charge in [-0.3, -0.25) is 4.79 Å². The minimum atomic E-state index is -4.46. The fourth-order valence-electron chi connectivity index (χ4n) is 4.50. The molecule has 192 valence electrons. The van der Waals surface area contributed by atoms with Gasteiger partial charge in [0.25, 0.3) is 0 Å². The van der Waals surface area contributed by atoms with Gasteiger partial charge in [-0.25, -0.2) is 17.5 Å². The summed E-state index contributed by atoms with van der Waals surface area (Å²) in [7, 11) is -3.90. The van der Waals surface area contributed by atoms with Gasteiger partial charge in [0, 0.05) is 18.3 Å². The lowest BCUT2D eigenvalue weighted by Gasteiger charge is -2.30. The van der Waals surface area contributed by atoms with Crippen LogP contribution in [-0.2, 0) is 27.4 Å². The molecule has 0 unspecified atom stereocenters. The van der Waals surface area contributed by atoms with E-state index in [2.05, 4.69) is 10.4 Å². The number of alkyl halides is 3. The molecule has 0 aliphatic heterocycles. The fourth-order valence-corrected chi connectivity index (χ4v) is 6.93. The third-order valence-corrected chi connectivity index (χ3v) is 9.30. The average molecular weight is 544 g/mol. The summed E-state index contributed by atoms with van der Waals surface area (Å²) >= 11 is 6.18. The molecule has 1 amide bonds. The smallest absolute Gasteiger partial charge is 0.351 e. The Balaban J connectivity index is 1.49. The Hall–Kier alpha value is -2.92. The van der Waals surface area contributed by atoms with Crippen LogP contribution in [0.2, 0.25) is 5.15 Å². The molecule has 4 rings (SSSR count). The van der Waals surface area contributed by atoms with Crippen LogP contribution in [0.4, 0.5) is 17.6 Å². The van der Waals surface area contributed by atoms with Crippen molar-refractivity contribution in [3.63, 3.8) is 0 Å².